The van der Waals surface area contributed by atoms with Crippen molar-refractivity contribution in [2.24, 2.45) is 0 Å². The normalized spacial score (nSPS) is 17.7. The number of ether oxygens (including phenoxy) is 1. The molecule has 0 aliphatic carbocycles. The molecule has 7 heteroatoms. The summed E-state index contributed by atoms with van der Waals surface area (Å²) in [6.45, 7) is 5.67. The number of carbonyl (C=O) groups is 2. The summed E-state index contributed by atoms with van der Waals surface area (Å²) in [7, 11) is 0. The van der Waals surface area contributed by atoms with Gasteiger partial charge in [0.1, 0.15) is 11.5 Å². The van der Waals surface area contributed by atoms with Crippen LogP contribution < -0.4 is 9.64 Å². The maximum Gasteiger partial charge on any atom is 0.325 e. The van der Waals surface area contributed by atoms with Crippen LogP contribution >= 0.6 is 0 Å². The second kappa shape index (κ2) is 10.0. The summed E-state index contributed by atoms with van der Waals surface area (Å²) in [5, 5.41) is 0. The van der Waals surface area contributed by atoms with Crippen molar-refractivity contribution in [2.75, 3.05) is 18.0 Å². The molecule has 0 N–H and O–H groups in total. The fourth-order valence-electron chi connectivity index (χ4n) is 4.73. The van der Waals surface area contributed by atoms with Crippen molar-refractivity contribution in [3.05, 3.63) is 96.8 Å². The quantitative estimate of drug-likeness (QED) is 0.478. The molecule has 1 aromatic heterocycles. The van der Waals surface area contributed by atoms with Gasteiger partial charge in [0.05, 0.1) is 30.5 Å². The summed E-state index contributed by atoms with van der Waals surface area (Å²) < 4.78 is 5.90. The summed E-state index contributed by atoms with van der Waals surface area (Å²) in [5.74, 6) is 1.42. The van der Waals surface area contributed by atoms with E-state index in [1.54, 1.807) is 16.0 Å². The molecular weight excluding hydrogens is 440 g/mol. The van der Waals surface area contributed by atoms with Crippen molar-refractivity contribution >= 4 is 17.6 Å². The molecule has 3 aromatic rings. The third-order valence-electron chi connectivity index (χ3n) is 6.52. The van der Waals surface area contributed by atoms with Gasteiger partial charge in [-0.25, -0.2) is 4.79 Å². The molecule has 3 amide bonds. The van der Waals surface area contributed by atoms with Gasteiger partial charge in [0.25, 0.3) is 0 Å². The van der Waals surface area contributed by atoms with Crippen LogP contribution in [0.3, 0.4) is 0 Å². The van der Waals surface area contributed by atoms with E-state index in [4.69, 9.17) is 4.74 Å². The third kappa shape index (κ3) is 4.89. The van der Waals surface area contributed by atoms with Crippen LogP contribution in [0, 0.1) is 0 Å². The minimum atomic E-state index is -0.0904. The van der Waals surface area contributed by atoms with E-state index in [-0.39, 0.29) is 18.0 Å². The maximum absolute atomic E-state index is 13.7. The Morgan fingerprint density at radius 3 is 2.60 bits per heavy atom. The number of anilines is 1. The van der Waals surface area contributed by atoms with Gasteiger partial charge in [0.15, 0.2) is 0 Å². The highest BCUT2D eigenvalue weighted by Gasteiger charge is 2.37. The number of urea groups is 1. The molecule has 35 heavy (non-hydrogen) atoms. The first-order valence-electron chi connectivity index (χ1n) is 11.9. The van der Waals surface area contributed by atoms with E-state index in [2.05, 4.69) is 11.6 Å². The smallest absolute Gasteiger partial charge is 0.325 e. The Balaban J connectivity index is 1.35. The predicted molar refractivity (Wildman–Crippen MR) is 134 cm³/mol. The van der Waals surface area contributed by atoms with Gasteiger partial charge in [-0.2, -0.15) is 0 Å². The van der Waals surface area contributed by atoms with Crippen molar-refractivity contribution < 1.29 is 14.3 Å². The molecule has 3 heterocycles. The number of benzene rings is 2. The van der Waals surface area contributed by atoms with Crippen LogP contribution in [-0.2, 0) is 17.9 Å². The van der Waals surface area contributed by atoms with Crippen LogP contribution in [-0.4, -0.2) is 45.9 Å². The molecule has 1 atom stereocenters. The number of rotatable bonds is 6. The zero-order chi connectivity index (χ0) is 24.2. The standard InChI is InChI=1S/C28H28N4O3/c1-2-27(33)30-17-7-8-22(19-30)31-20-25-26(11-6-16-29-25)32(28(31)34)18-21-12-14-24(15-13-21)35-23-9-4-3-5-10-23/h2-6,9-16,22H,1,7-8,17-20H2. The van der Waals surface area contributed by atoms with E-state index in [1.165, 1.54) is 6.08 Å². The van der Waals surface area contributed by atoms with Crippen molar-refractivity contribution in [3.8, 4) is 11.5 Å². The summed E-state index contributed by atoms with van der Waals surface area (Å²) >= 11 is 0. The van der Waals surface area contributed by atoms with Crippen molar-refractivity contribution in [2.45, 2.75) is 32.0 Å². The lowest BCUT2D eigenvalue weighted by atomic mass is 10.0. The number of amides is 3. The summed E-state index contributed by atoms with van der Waals surface area (Å²) in [5.41, 5.74) is 2.68. The highest BCUT2D eigenvalue weighted by atomic mass is 16.5. The second-order valence-electron chi connectivity index (χ2n) is 8.81. The van der Waals surface area contributed by atoms with Crippen LogP contribution in [0.2, 0.25) is 0 Å². The van der Waals surface area contributed by atoms with Crippen LogP contribution in [0.15, 0.2) is 85.6 Å². The molecule has 2 aromatic carbocycles. The van der Waals surface area contributed by atoms with Gasteiger partial charge in [-0.15, -0.1) is 0 Å². The summed E-state index contributed by atoms with van der Waals surface area (Å²) in [6.07, 6.45) is 4.81. The van der Waals surface area contributed by atoms with Gasteiger partial charge in [-0.1, -0.05) is 36.9 Å². The van der Waals surface area contributed by atoms with E-state index in [1.807, 2.05) is 71.6 Å². The average molecular weight is 469 g/mol. The largest absolute Gasteiger partial charge is 0.457 e. The zero-order valence-corrected chi connectivity index (χ0v) is 19.5. The van der Waals surface area contributed by atoms with Gasteiger partial charge < -0.3 is 14.5 Å². The van der Waals surface area contributed by atoms with Crippen molar-refractivity contribution in [3.63, 3.8) is 0 Å². The van der Waals surface area contributed by atoms with Gasteiger partial charge in [-0.05, 0) is 60.9 Å². The predicted octanol–water partition coefficient (Wildman–Crippen LogP) is 4.99. The lowest BCUT2D eigenvalue weighted by Gasteiger charge is -2.44. The maximum atomic E-state index is 13.7. The molecule has 5 rings (SSSR count). The van der Waals surface area contributed by atoms with Crippen LogP contribution in [0.5, 0.6) is 11.5 Å². The number of likely N-dealkylation sites (tertiary alicyclic amines) is 1. The SMILES string of the molecule is C=CC(=O)N1CCCC(N2Cc3ncccc3N(Cc3ccc(Oc4ccccc4)cc3)C2=O)C1. The molecule has 178 valence electrons. The number of hydrogen-bond acceptors (Lipinski definition) is 4. The number of hydrogen-bond donors (Lipinski definition) is 0. The number of nitrogens with zero attached hydrogens (tertiary/aromatic N) is 4. The Hall–Kier alpha value is -4.13. The molecule has 1 fully saturated rings. The van der Waals surface area contributed by atoms with E-state index < -0.39 is 0 Å². The van der Waals surface area contributed by atoms with E-state index in [9.17, 15) is 9.59 Å². The molecule has 0 saturated carbocycles. The topological polar surface area (TPSA) is 66.0 Å². The fraction of sp³-hybridized carbons (Fsp3) is 0.250. The number of pyridine rings is 1. The Kier molecular flexibility index (Phi) is 6.48. The molecule has 0 bridgehead atoms. The van der Waals surface area contributed by atoms with E-state index >= 15 is 0 Å². The van der Waals surface area contributed by atoms with E-state index in [0.29, 0.717) is 26.2 Å². The zero-order valence-electron chi connectivity index (χ0n) is 19.5. The molecule has 2 aliphatic rings. The fourth-order valence-corrected chi connectivity index (χ4v) is 4.73. The molecule has 0 radical (unpaired) electrons. The highest BCUT2D eigenvalue weighted by molar-refractivity contribution is 5.94. The molecule has 1 unspecified atom stereocenters. The van der Waals surface area contributed by atoms with Crippen LogP contribution in [0.1, 0.15) is 24.1 Å². The lowest BCUT2D eigenvalue weighted by Crippen LogP contribution is -2.56. The minimum Gasteiger partial charge on any atom is -0.457 e. The summed E-state index contributed by atoms with van der Waals surface area (Å²) in [4.78, 5) is 35.9. The minimum absolute atomic E-state index is 0.0561. The number of piperidine rings is 1. The highest BCUT2D eigenvalue weighted by Crippen LogP contribution is 2.32. The van der Waals surface area contributed by atoms with Gasteiger partial charge >= 0.3 is 6.03 Å². The average Bonchev–Trinajstić information content (AvgIpc) is 2.91. The Morgan fingerprint density at radius 2 is 1.83 bits per heavy atom. The Labute approximate surface area is 205 Å². The first-order valence-corrected chi connectivity index (χ1v) is 11.9. The van der Waals surface area contributed by atoms with Crippen LogP contribution in [0.25, 0.3) is 0 Å². The monoisotopic (exact) mass is 468 g/mol. The number of aromatic nitrogens is 1. The first-order chi connectivity index (χ1) is 17.1. The third-order valence-corrected chi connectivity index (χ3v) is 6.52. The molecule has 1 saturated heterocycles. The number of fused-ring (bicyclic) bond motifs is 1. The van der Waals surface area contributed by atoms with E-state index in [0.717, 1.165) is 41.3 Å². The molecule has 2 aliphatic heterocycles. The first kappa shape index (κ1) is 22.7. The van der Waals surface area contributed by atoms with Crippen molar-refractivity contribution in [1.82, 2.24) is 14.8 Å². The van der Waals surface area contributed by atoms with Crippen molar-refractivity contribution in [1.29, 1.82) is 0 Å². The number of para-hydroxylation sites is 1. The van der Waals surface area contributed by atoms with Crippen LogP contribution in [0.4, 0.5) is 10.5 Å². The Morgan fingerprint density at radius 1 is 1.06 bits per heavy atom. The molecule has 7 nitrogen and oxygen atoms in total. The second-order valence-corrected chi connectivity index (χ2v) is 8.81. The molecule has 0 spiro atoms. The summed E-state index contributed by atoms with van der Waals surface area (Å²) in [6, 6.07) is 21.1. The lowest BCUT2D eigenvalue weighted by molar-refractivity contribution is -0.127. The van der Waals surface area contributed by atoms with Gasteiger partial charge in [0, 0.05) is 19.3 Å². The number of carbonyl (C=O) groups excluding carboxylic acids is 2. The van der Waals surface area contributed by atoms with Gasteiger partial charge in [-0.3, -0.25) is 14.7 Å². The molecular formula is C28H28N4O3. The van der Waals surface area contributed by atoms with Gasteiger partial charge in [0.2, 0.25) is 5.91 Å². The Bertz CT molecular complexity index is 1210.